The van der Waals surface area contributed by atoms with E-state index in [4.69, 9.17) is 4.42 Å². The lowest BCUT2D eigenvalue weighted by atomic mass is 10.1. The summed E-state index contributed by atoms with van der Waals surface area (Å²) in [7, 11) is 0. The zero-order valence-electron chi connectivity index (χ0n) is 13.5. The summed E-state index contributed by atoms with van der Waals surface area (Å²) in [6.07, 6.45) is 1.54. The molecule has 122 valence electrons. The third-order valence-electron chi connectivity index (χ3n) is 4.22. The van der Waals surface area contributed by atoms with Crippen LogP contribution < -0.4 is 0 Å². The largest absolute Gasteiger partial charge is 0.449 e. The molecule has 1 atom stereocenters. The van der Waals surface area contributed by atoms with Crippen LogP contribution in [-0.2, 0) is 17.9 Å². The minimum Gasteiger partial charge on any atom is -0.449 e. The lowest BCUT2D eigenvalue weighted by molar-refractivity contribution is -0.137. The van der Waals surface area contributed by atoms with E-state index < -0.39 is 0 Å². The predicted molar refractivity (Wildman–Crippen MR) is 85.7 cm³/mol. The highest BCUT2D eigenvalue weighted by Gasteiger charge is 2.34. The number of aryl methyl sites for hydroxylation is 1. The van der Waals surface area contributed by atoms with Crippen molar-refractivity contribution in [2.24, 2.45) is 0 Å². The Labute approximate surface area is 138 Å². The number of nitrogens with zero attached hydrogens (tertiary/aromatic N) is 5. The van der Waals surface area contributed by atoms with Crippen molar-refractivity contribution in [3.63, 3.8) is 0 Å². The van der Waals surface area contributed by atoms with E-state index in [1.165, 1.54) is 0 Å². The average Bonchev–Trinajstić information content (AvgIpc) is 3.19. The first-order chi connectivity index (χ1) is 11.6. The van der Waals surface area contributed by atoms with Crippen LogP contribution in [0.4, 0.5) is 0 Å². The molecule has 0 fully saturated rings. The zero-order chi connectivity index (χ0) is 16.7. The molecule has 1 aliphatic rings. The molecule has 2 aromatic heterocycles. The number of carbonyl (C=O) groups is 1. The third-order valence-corrected chi connectivity index (χ3v) is 4.22. The number of carbonyl (C=O) groups excluding carboxylic acids is 1. The smallest absolute Gasteiger partial charge is 0.246 e. The fourth-order valence-corrected chi connectivity index (χ4v) is 3.04. The zero-order valence-corrected chi connectivity index (χ0v) is 13.5. The van der Waals surface area contributed by atoms with Gasteiger partial charge in [0, 0.05) is 13.5 Å². The fraction of sp³-hybridized carbons (Fsp3) is 0.294. The lowest BCUT2D eigenvalue weighted by Crippen LogP contribution is -2.41. The van der Waals surface area contributed by atoms with Gasteiger partial charge in [0.05, 0.1) is 6.54 Å². The number of hydrogen-bond donors (Lipinski definition) is 0. The van der Waals surface area contributed by atoms with Gasteiger partial charge in [-0.15, -0.1) is 10.2 Å². The van der Waals surface area contributed by atoms with E-state index in [-0.39, 0.29) is 11.9 Å². The first-order valence-corrected chi connectivity index (χ1v) is 7.82. The van der Waals surface area contributed by atoms with Gasteiger partial charge in [-0.2, -0.15) is 0 Å². The second kappa shape index (κ2) is 5.59. The van der Waals surface area contributed by atoms with Gasteiger partial charge in [0.2, 0.25) is 5.91 Å². The van der Waals surface area contributed by atoms with Crippen LogP contribution in [0.25, 0.3) is 11.5 Å². The molecule has 1 aliphatic heterocycles. The molecule has 0 radical (unpaired) electrons. The maximum absolute atomic E-state index is 12.8. The minimum atomic E-state index is -0.375. The Balaban J connectivity index is 1.66. The minimum absolute atomic E-state index is 0.0487. The van der Waals surface area contributed by atoms with Gasteiger partial charge in [0.1, 0.15) is 18.0 Å². The maximum Gasteiger partial charge on any atom is 0.246 e. The molecule has 3 heterocycles. The number of oxazole rings is 1. The molecule has 7 heteroatoms. The lowest BCUT2D eigenvalue weighted by Gasteiger charge is -2.32. The molecular formula is C17H17N5O2. The molecule has 0 saturated heterocycles. The Bertz CT molecular complexity index is 884. The van der Waals surface area contributed by atoms with Gasteiger partial charge >= 0.3 is 0 Å². The van der Waals surface area contributed by atoms with Crippen LogP contribution in [0, 0.1) is 6.92 Å². The van der Waals surface area contributed by atoms with E-state index in [9.17, 15) is 4.79 Å². The van der Waals surface area contributed by atoms with Crippen molar-refractivity contribution in [3.05, 3.63) is 53.9 Å². The Morgan fingerprint density at radius 2 is 2.04 bits per heavy atom. The Kier molecular flexibility index (Phi) is 3.41. The first-order valence-electron chi connectivity index (χ1n) is 7.82. The first kappa shape index (κ1) is 14.6. The van der Waals surface area contributed by atoms with Gasteiger partial charge in [-0.1, -0.05) is 30.3 Å². The third kappa shape index (κ3) is 2.38. The molecule has 24 heavy (non-hydrogen) atoms. The van der Waals surface area contributed by atoms with E-state index in [1.807, 2.05) is 46.7 Å². The number of fused-ring (bicyclic) bond motifs is 1. The van der Waals surface area contributed by atoms with Gasteiger partial charge in [-0.25, -0.2) is 4.98 Å². The molecule has 4 rings (SSSR count). The topological polar surface area (TPSA) is 77.1 Å². The van der Waals surface area contributed by atoms with Crippen LogP contribution in [0.5, 0.6) is 0 Å². The number of hydrogen-bond acceptors (Lipinski definition) is 5. The van der Waals surface area contributed by atoms with E-state index >= 15 is 0 Å². The Morgan fingerprint density at radius 1 is 1.25 bits per heavy atom. The number of rotatable bonds is 3. The molecule has 1 aromatic carbocycles. The van der Waals surface area contributed by atoms with E-state index in [2.05, 4.69) is 15.2 Å². The van der Waals surface area contributed by atoms with Crippen molar-refractivity contribution in [2.45, 2.75) is 33.0 Å². The van der Waals surface area contributed by atoms with Crippen molar-refractivity contribution in [3.8, 4) is 11.5 Å². The Morgan fingerprint density at radius 3 is 2.75 bits per heavy atom. The van der Waals surface area contributed by atoms with Crippen molar-refractivity contribution >= 4 is 5.91 Å². The SMILES string of the molecule is Cc1nc(-c2nnc3n2[C@@H](C)C(=O)N(Cc2ccccc2)C3)co1. The van der Waals surface area contributed by atoms with Crippen LogP contribution >= 0.6 is 0 Å². The van der Waals surface area contributed by atoms with Crippen molar-refractivity contribution in [2.75, 3.05) is 0 Å². The summed E-state index contributed by atoms with van der Waals surface area (Å²) in [5.41, 5.74) is 1.70. The number of amides is 1. The Hall–Kier alpha value is -2.96. The van der Waals surface area contributed by atoms with Crippen molar-refractivity contribution in [1.82, 2.24) is 24.6 Å². The molecule has 7 nitrogen and oxygen atoms in total. The summed E-state index contributed by atoms with van der Waals surface area (Å²) in [5, 5.41) is 8.48. The molecule has 0 spiro atoms. The maximum atomic E-state index is 12.8. The van der Waals surface area contributed by atoms with Crippen LogP contribution in [0.15, 0.2) is 41.0 Å². The van der Waals surface area contributed by atoms with E-state index in [1.54, 1.807) is 13.2 Å². The molecule has 0 N–H and O–H groups in total. The predicted octanol–water partition coefficient (Wildman–Crippen LogP) is 2.34. The average molecular weight is 323 g/mol. The summed E-state index contributed by atoms with van der Waals surface area (Å²) >= 11 is 0. The summed E-state index contributed by atoms with van der Waals surface area (Å²) < 4.78 is 7.10. The molecule has 0 bridgehead atoms. The standard InChI is InChI=1S/C17H17N5O2/c1-11-17(23)21(8-13-6-4-3-5-7-13)9-15-19-20-16(22(11)15)14-10-24-12(2)18-14/h3-7,10-11H,8-9H2,1-2H3/t11-/m0/s1. The summed E-state index contributed by atoms with van der Waals surface area (Å²) in [6.45, 7) is 4.63. The van der Waals surface area contributed by atoms with Crippen molar-refractivity contribution < 1.29 is 9.21 Å². The van der Waals surface area contributed by atoms with Gasteiger partial charge in [-0.3, -0.25) is 9.36 Å². The normalized spacial score (nSPS) is 17.2. The summed E-state index contributed by atoms with van der Waals surface area (Å²) in [5.74, 6) is 1.94. The second-order valence-corrected chi connectivity index (χ2v) is 5.92. The van der Waals surface area contributed by atoms with Crippen LogP contribution in [0.2, 0.25) is 0 Å². The number of benzene rings is 1. The molecular weight excluding hydrogens is 306 g/mol. The summed E-state index contributed by atoms with van der Waals surface area (Å²) in [4.78, 5) is 18.9. The van der Waals surface area contributed by atoms with Gasteiger partial charge in [0.25, 0.3) is 0 Å². The molecule has 0 saturated carbocycles. The fourth-order valence-electron chi connectivity index (χ4n) is 3.04. The van der Waals surface area contributed by atoms with Gasteiger partial charge in [0.15, 0.2) is 17.5 Å². The van der Waals surface area contributed by atoms with Crippen LogP contribution in [0.3, 0.4) is 0 Å². The van der Waals surface area contributed by atoms with Gasteiger partial charge in [-0.05, 0) is 12.5 Å². The highest BCUT2D eigenvalue weighted by atomic mass is 16.3. The van der Waals surface area contributed by atoms with Gasteiger partial charge < -0.3 is 9.32 Å². The highest BCUT2D eigenvalue weighted by molar-refractivity contribution is 5.81. The molecule has 0 aliphatic carbocycles. The van der Waals surface area contributed by atoms with Crippen molar-refractivity contribution in [1.29, 1.82) is 0 Å². The van der Waals surface area contributed by atoms with E-state index in [0.717, 1.165) is 11.4 Å². The molecule has 3 aromatic rings. The molecule has 0 unspecified atom stereocenters. The quantitative estimate of drug-likeness (QED) is 0.739. The second-order valence-electron chi connectivity index (χ2n) is 5.92. The van der Waals surface area contributed by atoms with E-state index in [0.29, 0.717) is 30.5 Å². The monoisotopic (exact) mass is 323 g/mol. The van der Waals surface area contributed by atoms with Crippen LogP contribution in [0.1, 0.15) is 30.2 Å². The number of aromatic nitrogens is 4. The molecule has 1 amide bonds. The summed E-state index contributed by atoms with van der Waals surface area (Å²) in [6, 6.07) is 9.57. The van der Waals surface area contributed by atoms with Crippen LogP contribution in [-0.4, -0.2) is 30.6 Å². The highest BCUT2D eigenvalue weighted by Crippen LogP contribution is 2.28.